The fourth-order valence-electron chi connectivity index (χ4n) is 4.12. The summed E-state index contributed by atoms with van der Waals surface area (Å²) in [5.74, 6) is 0.873. The number of aliphatic hydroxyl groups excluding tert-OH is 1. The van der Waals surface area contributed by atoms with E-state index in [0.29, 0.717) is 37.1 Å². The van der Waals surface area contributed by atoms with E-state index in [4.69, 9.17) is 10.1 Å². The molecule has 3 aromatic rings. The zero-order valence-corrected chi connectivity index (χ0v) is 18.4. The van der Waals surface area contributed by atoms with Gasteiger partial charge in [-0.15, -0.1) is 11.3 Å². The van der Waals surface area contributed by atoms with E-state index in [1.54, 1.807) is 22.2 Å². The molecule has 0 atom stereocenters. The number of aromatic nitrogens is 4. The van der Waals surface area contributed by atoms with Gasteiger partial charge in [0.15, 0.2) is 0 Å². The van der Waals surface area contributed by atoms with Gasteiger partial charge in [0.25, 0.3) is 11.9 Å². The van der Waals surface area contributed by atoms with E-state index in [9.17, 15) is 4.79 Å². The van der Waals surface area contributed by atoms with E-state index in [1.807, 2.05) is 29.5 Å². The zero-order chi connectivity index (χ0) is 21.4. The van der Waals surface area contributed by atoms with Crippen LogP contribution in [0.1, 0.15) is 40.4 Å². The van der Waals surface area contributed by atoms with E-state index in [-0.39, 0.29) is 12.5 Å². The van der Waals surface area contributed by atoms with Crippen LogP contribution in [0, 0.1) is 6.92 Å². The summed E-state index contributed by atoms with van der Waals surface area (Å²) in [7, 11) is 0. The number of aryl methyl sites for hydroxylation is 1. The molecular weight excluding hydrogens is 412 g/mol. The third-order valence-corrected chi connectivity index (χ3v) is 6.86. The fourth-order valence-corrected chi connectivity index (χ4v) is 4.89. The summed E-state index contributed by atoms with van der Waals surface area (Å²) in [6.45, 7) is 5.71. The Bertz CT molecular complexity index is 1070. The number of β-amino-alcohol motifs (C(OH)–C–C–N with tert-alkyl or cyclic N) is 1. The maximum atomic E-state index is 13.3. The number of thiophene rings is 1. The number of hydrogen-bond donors (Lipinski definition) is 1. The van der Waals surface area contributed by atoms with Gasteiger partial charge in [-0.25, -0.2) is 14.6 Å². The van der Waals surface area contributed by atoms with Gasteiger partial charge in [0.1, 0.15) is 0 Å². The first-order valence-corrected chi connectivity index (χ1v) is 11.6. The van der Waals surface area contributed by atoms with Crippen LogP contribution in [0.15, 0.2) is 29.9 Å². The number of aliphatic hydroxyl groups is 1. The number of rotatable bonds is 6. The number of piperazine rings is 1. The standard InChI is InChI=1S/C22H26N6O2S/c1-15-13-23-22(25-19(15)18-3-2-12-31-18)28-20(16-4-5-16)17(14-24-28)21(30)27-8-6-26(7-9-27)10-11-29/h2-3,12-14,16,29H,4-11H2,1H3. The molecule has 0 unspecified atom stereocenters. The molecule has 8 nitrogen and oxygen atoms in total. The van der Waals surface area contributed by atoms with E-state index >= 15 is 0 Å². The van der Waals surface area contributed by atoms with Crippen molar-refractivity contribution in [3.63, 3.8) is 0 Å². The Kier molecular flexibility index (Phi) is 5.56. The quantitative estimate of drug-likeness (QED) is 0.636. The molecule has 1 N–H and O–H groups in total. The molecule has 162 valence electrons. The molecule has 2 aliphatic rings. The van der Waals surface area contributed by atoms with Gasteiger partial charge < -0.3 is 10.0 Å². The van der Waals surface area contributed by atoms with Gasteiger partial charge in [-0.1, -0.05) is 6.07 Å². The van der Waals surface area contributed by atoms with Gasteiger partial charge in [-0.05, 0) is 36.8 Å². The van der Waals surface area contributed by atoms with E-state index in [0.717, 1.165) is 47.8 Å². The molecule has 1 amide bonds. The van der Waals surface area contributed by atoms with Crippen LogP contribution in [0.4, 0.5) is 0 Å². The molecule has 3 aromatic heterocycles. The number of hydrogen-bond acceptors (Lipinski definition) is 7. The molecule has 1 aliphatic heterocycles. The molecule has 1 saturated heterocycles. The van der Waals surface area contributed by atoms with Crippen molar-refractivity contribution in [2.75, 3.05) is 39.3 Å². The molecule has 1 saturated carbocycles. The molecule has 5 rings (SSSR count). The molecule has 2 fully saturated rings. The first kappa shape index (κ1) is 20.3. The average Bonchev–Trinajstić information content (AvgIpc) is 3.30. The normalized spacial score (nSPS) is 17.3. The second kappa shape index (κ2) is 8.49. The molecule has 0 radical (unpaired) electrons. The van der Waals surface area contributed by atoms with Crippen molar-refractivity contribution in [1.29, 1.82) is 0 Å². The van der Waals surface area contributed by atoms with E-state index < -0.39 is 0 Å². The smallest absolute Gasteiger partial charge is 0.257 e. The van der Waals surface area contributed by atoms with Gasteiger partial charge in [0.2, 0.25) is 0 Å². The predicted molar refractivity (Wildman–Crippen MR) is 119 cm³/mol. The fraction of sp³-hybridized carbons (Fsp3) is 0.455. The molecule has 31 heavy (non-hydrogen) atoms. The lowest BCUT2D eigenvalue weighted by Crippen LogP contribution is -2.49. The Hall–Kier alpha value is -2.62. The van der Waals surface area contributed by atoms with Crippen LogP contribution >= 0.6 is 11.3 Å². The van der Waals surface area contributed by atoms with Crippen LogP contribution in [-0.2, 0) is 0 Å². The summed E-state index contributed by atoms with van der Waals surface area (Å²) < 4.78 is 1.77. The highest BCUT2D eigenvalue weighted by Gasteiger charge is 2.35. The SMILES string of the molecule is Cc1cnc(-n2ncc(C(=O)N3CCN(CCO)CC3)c2C2CC2)nc1-c1cccs1. The van der Waals surface area contributed by atoms with Gasteiger partial charge in [-0.2, -0.15) is 5.10 Å². The maximum Gasteiger partial charge on any atom is 0.257 e. The second-order valence-electron chi connectivity index (χ2n) is 8.17. The Balaban J connectivity index is 1.45. The molecule has 0 spiro atoms. The van der Waals surface area contributed by atoms with E-state index in [1.165, 1.54) is 0 Å². The van der Waals surface area contributed by atoms with Crippen LogP contribution in [-0.4, -0.2) is 79.9 Å². The van der Waals surface area contributed by atoms with Crippen molar-refractivity contribution in [3.05, 3.63) is 46.7 Å². The summed E-state index contributed by atoms with van der Waals surface area (Å²) in [4.78, 5) is 27.9. The lowest BCUT2D eigenvalue weighted by atomic mass is 10.1. The number of carbonyl (C=O) groups is 1. The highest BCUT2D eigenvalue weighted by atomic mass is 32.1. The predicted octanol–water partition coefficient (Wildman–Crippen LogP) is 2.33. The van der Waals surface area contributed by atoms with Crippen LogP contribution < -0.4 is 0 Å². The summed E-state index contributed by atoms with van der Waals surface area (Å²) >= 11 is 1.65. The average molecular weight is 439 g/mol. The van der Waals surface area contributed by atoms with Crippen LogP contribution in [0.5, 0.6) is 0 Å². The topological polar surface area (TPSA) is 87.4 Å². The van der Waals surface area contributed by atoms with Crippen LogP contribution in [0.3, 0.4) is 0 Å². The highest BCUT2D eigenvalue weighted by molar-refractivity contribution is 7.13. The van der Waals surface area contributed by atoms with Crippen molar-refractivity contribution in [3.8, 4) is 16.5 Å². The Morgan fingerprint density at radius 3 is 2.71 bits per heavy atom. The third kappa shape index (κ3) is 4.00. The number of amides is 1. The Morgan fingerprint density at radius 1 is 1.23 bits per heavy atom. The molecule has 9 heteroatoms. The van der Waals surface area contributed by atoms with Crippen molar-refractivity contribution in [1.82, 2.24) is 29.5 Å². The molecule has 4 heterocycles. The van der Waals surface area contributed by atoms with Gasteiger partial charge in [0.05, 0.1) is 34.6 Å². The number of nitrogens with zero attached hydrogens (tertiary/aromatic N) is 6. The van der Waals surface area contributed by atoms with Gasteiger partial charge in [0, 0.05) is 44.8 Å². The van der Waals surface area contributed by atoms with Crippen LogP contribution in [0.25, 0.3) is 16.5 Å². The lowest BCUT2D eigenvalue weighted by Gasteiger charge is -2.34. The Morgan fingerprint density at radius 2 is 2.03 bits per heavy atom. The maximum absolute atomic E-state index is 13.3. The lowest BCUT2D eigenvalue weighted by molar-refractivity contribution is 0.0614. The highest BCUT2D eigenvalue weighted by Crippen LogP contribution is 2.42. The number of carbonyl (C=O) groups excluding carboxylic acids is 1. The van der Waals surface area contributed by atoms with Crippen LogP contribution in [0.2, 0.25) is 0 Å². The summed E-state index contributed by atoms with van der Waals surface area (Å²) in [6.07, 6.45) is 5.63. The van der Waals surface area contributed by atoms with Gasteiger partial charge >= 0.3 is 0 Å². The van der Waals surface area contributed by atoms with Gasteiger partial charge in [-0.3, -0.25) is 9.69 Å². The molecule has 0 bridgehead atoms. The largest absolute Gasteiger partial charge is 0.395 e. The first-order valence-electron chi connectivity index (χ1n) is 10.7. The monoisotopic (exact) mass is 438 g/mol. The minimum atomic E-state index is 0.0300. The summed E-state index contributed by atoms with van der Waals surface area (Å²) in [5.41, 5.74) is 3.53. The minimum Gasteiger partial charge on any atom is -0.395 e. The second-order valence-corrected chi connectivity index (χ2v) is 9.11. The van der Waals surface area contributed by atoms with Crippen molar-refractivity contribution >= 4 is 17.2 Å². The Labute approximate surface area is 185 Å². The zero-order valence-electron chi connectivity index (χ0n) is 17.6. The molecular formula is C22H26N6O2S. The molecule has 0 aromatic carbocycles. The minimum absolute atomic E-state index is 0.0300. The van der Waals surface area contributed by atoms with Crippen molar-refractivity contribution in [2.45, 2.75) is 25.7 Å². The third-order valence-electron chi connectivity index (χ3n) is 5.98. The molecule has 1 aliphatic carbocycles. The first-order chi connectivity index (χ1) is 15.2. The summed E-state index contributed by atoms with van der Waals surface area (Å²) in [6, 6.07) is 4.07. The van der Waals surface area contributed by atoms with E-state index in [2.05, 4.69) is 21.0 Å². The van der Waals surface area contributed by atoms with Crippen molar-refractivity contribution < 1.29 is 9.90 Å². The summed E-state index contributed by atoms with van der Waals surface area (Å²) in [5, 5.41) is 15.7. The van der Waals surface area contributed by atoms with Crippen molar-refractivity contribution in [2.24, 2.45) is 0 Å².